The van der Waals surface area contributed by atoms with Gasteiger partial charge in [-0.2, -0.15) is 0 Å². The average molecular weight is 140 g/mol. The highest BCUT2D eigenvalue weighted by Crippen LogP contribution is 2.46. The minimum atomic E-state index is 0.562. The Morgan fingerprint density at radius 3 is 2.70 bits per heavy atom. The van der Waals surface area contributed by atoms with Crippen molar-refractivity contribution in [1.82, 2.24) is 0 Å². The number of rotatable bonds is 0. The maximum Gasteiger partial charge on any atom is 0.0870 e. The van der Waals surface area contributed by atoms with E-state index in [1.165, 1.54) is 12.8 Å². The Labute approximate surface area is 60.5 Å². The van der Waals surface area contributed by atoms with Gasteiger partial charge in [-0.1, -0.05) is 6.92 Å². The second-order valence-electron chi connectivity index (χ2n) is 3.80. The maximum absolute atomic E-state index is 5.49. The summed E-state index contributed by atoms with van der Waals surface area (Å²) in [5, 5.41) is 0. The van der Waals surface area contributed by atoms with Gasteiger partial charge in [0, 0.05) is 6.42 Å². The fourth-order valence-corrected chi connectivity index (χ4v) is 2.17. The molecule has 2 nitrogen and oxygen atoms in total. The normalized spacial score (nSPS) is 63.9. The van der Waals surface area contributed by atoms with E-state index in [1.807, 2.05) is 0 Å². The third-order valence-corrected chi connectivity index (χ3v) is 2.94. The molecule has 2 saturated heterocycles. The third kappa shape index (κ3) is 0.663. The molecule has 1 aliphatic carbocycles. The Morgan fingerprint density at radius 2 is 1.80 bits per heavy atom. The van der Waals surface area contributed by atoms with E-state index in [9.17, 15) is 0 Å². The summed E-state index contributed by atoms with van der Waals surface area (Å²) in [6.45, 7) is 2.27. The Hall–Kier alpha value is -0.0800. The first-order valence-corrected chi connectivity index (χ1v) is 4.15. The van der Waals surface area contributed by atoms with Crippen LogP contribution in [0, 0.1) is 5.92 Å². The SMILES string of the molecule is CC1CC2OC2CC2OC12. The zero-order valence-electron chi connectivity index (χ0n) is 6.12. The second kappa shape index (κ2) is 1.56. The van der Waals surface area contributed by atoms with E-state index >= 15 is 0 Å². The molecule has 0 aromatic heterocycles. The quantitative estimate of drug-likeness (QED) is 0.468. The first-order valence-electron chi connectivity index (χ1n) is 4.15. The molecule has 1 saturated carbocycles. The molecular formula is C8H12O2. The Kier molecular flexibility index (Phi) is 0.868. The van der Waals surface area contributed by atoms with Crippen molar-refractivity contribution >= 4 is 0 Å². The maximum atomic E-state index is 5.49. The molecule has 0 spiro atoms. The fraction of sp³-hybridized carbons (Fsp3) is 1.00. The van der Waals surface area contributed by atoms with Crippen molar-refractivity contribution in [3.05, 3.63) is 0 Å². The van der Waals surface area contributed by atoms with Crippen molar-refractivity contribution in [3.63, 3.8) is 0 Å². The van der Waals surface area contributed by atoms with Crippen molar-refractivity contribution in [2.24, 2.45) is 5.92 Å². The molecule has 0 N–H and O–H groups in total. The van der Waals surface area contributed by atoms with Gasteiger partial charge in [0.2, 0.25) is 0 Å². The van der Waals surface area contributed by atoms with Crippen LogP contribution >= 0.6 is 0 Å². The molecule has 0 aromatic rings. The molecule has 10 heavy (non-hydrogen) atoms. The number of hydrogen-bond acceptors (Lipinski definition) is 2. The summed E-state index contributed by atoms with van der Waals surface area (Å²) in [6.07, 6.45) is 4.72. The van der Waals surface area contributed by atoms with E-state index in [0.717, 1.165) is 5.92 Å². The van der Waals surface area contributed by atoms with Gasteiger partial charge in [-0.3, -0.25) is 0 Å². The molecular weight excluding hydrogens is 128 g/mol. The smallest absolute Gasteiger partial charge is 0.0870 e. The second-order valence-corrected chi connectivity index (χ2v) is 3.80. The molecule has 5 atom stereocenters. The zero-order chi connectivity index (χ0) is 6.72. The van der Waals surface area contributed by atoms with Crippen LogP contribution < -0.4 is 0 Å². The van der Waals surface area contributed by atoms with Gasteiger partial charge in [0.25, 0.3) is 0 Å². The molecule has 0 radical (unpaired) electrons. The van der Waals surface area contributed by atoms with Crippen molar-refractivity contribution in [3.8, 4) is 0 Å². The molecule has 3 aliphatic rings. The molecule has 3 rings (SSSR count). The Bertz CT molecular complexity index is 167. The zero-order valence-corrected chi connectivity index (χ0v) is 6.12. The summed E-state index contributed by atoms with van der Waals surface area (Å²) in [6, 6.07) is 0. The number of ether oxygens (including phenoxy) is 2. The van der Waals surface area contributed by atoms with Crippen LogP contribution in [0.4, 0.5) is 0 Å². The lowest BCUT2D eigenvalue weighted by Crippen LogP contribution is -2.06. The highest BCUT2D eigenvalue weighted by atomic mass is 16.6. The van der Waals surface area contributed by atoms with Crippen LogP contribution in [0.5, 0.6) is 0 Å². The summed E-state index contributed by atoms with van der Waals surface area (Å²) < 4.78 is 10.9. The number of epoxide rings is 2. The molecule has 0 bridgehead atoms. The van der Waals surface area contributed by atoms with Crippen LogP contribution in [0.15, 0.2) is 0 Å². The van der Waals surface area contributed by atoms with Crippen LogP contribution in [0.25, 0.3) is 0 Å². The largest absolute Gasteiger partial charge is 0.369 e. The highest BCUT2D eigenvalue weighted by molar-refractivity contribution is 5.02. The molecule has 2 aliphatic heterocycles. The molecule has 0 amide bonds. The minimum absolute atomic E-state index is 0.562. The Morgan fingerprint density at radius 1 is 1.00 bits per heavy atom. The summed E-state index contributed by atoms with van der Waals surface area (Å²) in [7, 11) is 0. The summed E-state index contributed by atoms with van der Waals surface area (Å²) in [5.74, 6) is 0.738. The van der Waals surface area contributed by atoms with Gasteiger partial charge in [0.15, 0.2) is 0 Å². The summed E-state index contributed by atoms with van der Waals surface area (Å²) >= 11 is 0. The third-order valence-electron chi connectivity index (χ3n) is 2.94. The van der Waals surface area contributed by atoms with Crippen molar-refractivity contribution in [2.75, 3.05) is 0 Å². The van der Waals surface area contributed by atoms with Gasteiger partial charge in [-0.15, -0.1) is 0 Å². The van der Waals surface area contributed by atoms with E-state index in [2.05, 4.69) is 6.92 Å². The molecule has 2 heterocycles. The molecule has 0 aromatic carbocycles. The molecule has 56 valence electrons. The van der Waals surface area contributed by atoms with Gasteiger partial charge in [0.1, 0.15) is 0 Å². The minimum Gasteiger partial charge on any atom is -0.369 e. The number of fused-ring (bicyclic) bond motifs is 2. The average Bonchev–Trinajstić information content (AvgIpc) is 2.66. The van der Waals surface area contributed by atoms with Crippen LogP contribution in [0.2, 0.25) is 0 Å². The van der Waals surface area contributed by atoms with Crippen LogP contribution in [0.1, 0.15) is 19.8 Å². The molecule has 2 heteroatoms. The van der Waals surface area contributed by atoms with Gasteiger partial charge in [0.05, 0.1) is 24.4 Å². The van der Waals surface area contributed by atoms with Gasteiger partial charge < -0.3 is 9.47 Å². The van der Waals surface area contributed by atoms with Crippen LogP contribution in [0.3, 0.4) is 0 Å². The predicted molar refractivity (Wildman–Crippen MR) is 35.7 cm³/mol. The van der Waals surface area contributed by atoms with Crippen LogP contribution in [-0.4, -0.2) is 24.4 Å². The first-order chi connectivity index (χ1) is 4.84. The lowest BCUT2D eigenvalue weighted by Gasteiger charge is -2.02. The van der Waals surface area contributed by atoms with Crippen LogP contribution in [-0.2, 0) is 9.47 Å². The lowest BCUT2D eigenvalue weighted by molar-refractivity contribution is 0.297. The summed E-state index contributed by atoms with van der Waals surface area (Å²) in [4.78, 5) is 0. The number of hydrogen-bond donors (Lipinski definition) is 0. The van der Waals surface area contributed by atoms with E-state index in [1.54, 1.807) is 0 Å². The molecule has 3 fully saturated rings. The Balaban J connectivity index is 1.79. The fourth-order valence-electron chi connectivity index (χ4n) is 2.17. The molecule has 5 unspecified atom stereocenters. The van der Waals surface area contributed by atoms with Crippen molar-refractivity contribution in [2.45, 2.75) is 44.2 Å². The van der Waals surface area contributed by atoms with E-state index < -0.39 is 0 Å². The summed E-state index contributed by atoms with van der Waals surface area (Å²) in [5.41, 5.74) is 0. The van der Waals surface area contributed by atoms with Gasteiger partial charge in [-0.05, 0) is 12.3 Å². The predicted octanol–water partition coefficient (Wildman–Crippen LogP) is 0.951. The standard InChI is InChI=1S/C8H12O2/c1-4-2-5-6(9-5)3-7-8(4)10-7/h4-8H,2-3H2,1H3. The monoisotopic (exact) mass is 140 g/mol. The first kappa shape index (κ1) is 5.56. The highest BCUT2D eigenvalue weighted by Gasteiger charge is 2.55. The van der Waals surface area contributed by atoms with Gasteiger partial charge >= 0.3 is 0 Å². The van der Waals surface area contributed by atoms with E-state index in [-0.39, 0.29) is 0 Å². The topological polar surface area (TPSA) is 25.1 Å². The van der Waals surface area contributed by atoms with E-state index in [0.29, 0.717) is 24.4 Å². The lowest BCUT2D eigenvalue weighted by atomic mass is 10.0. The van der Waals surface area contributed by atoms with Crippen molar-refractivity contribution < 1.29 is 9.47 Å². The van der Waals surface area contributed by atoms with Gasteiger partial charge in [-0.25, -0.2) is 0 Å². The van der Waals surface area contributed by atoms with Crippen molar-refractivity contribution in [1.29, 1.82) is 0 Å². The van der Waals surface area contributed by atoms with E-state index in [4.69, 9.17) is 9.47 Å².